The molecule has 1 heteroatoms. The zero-order valence-electron chi connectivity index (χ0n) is 14.3. The SMILES string of the molecule is C=C1/C=C/[C@@H](C(C)CC(=O)CC(C)C)CC/C(C)=C/CC1. The molecule has 1 aliphatic rings. The molecule has 1 nitrogen and oxygen atoms in total. The third-order valence-electron chi connectivity index (χ3n) is 4.33. The highest BCUT2D eigenvalue weighted by Crippen LogP contribution is 2.27. The Morgan fingerprint density at radius 3 is 2.67 bits per heavy atom. The van der Waals surface area contributed by atoms with Gasteiger partial charge in [-0.05, 0) is 50.4 Å². The fourth-order valence-corrected chi connectivity index (χ4v) is 2.96. The van der Waals surface area contributed by atoms with Gasteiger partial charge in [0, 0.05) is 12.8 Å². The molecule has 1 unspecified atom stereocenters. The van der Waals surface area contributed by atoms with Gasteiger partial charge >= 0.3 is 0 Å². The van der Waals surface area contributed by atoms with Crippen molar-refractivity contribution in [3.63, 3.8) is 0 Å². The Hall–Kier alpha value is -1.11. The van der Waals surface area contributed by atoms with Crippen molar-refractivity contribution in [1.29, 1.82) is 0 Å². The molecule has 0 heterocycles. The summed E-state index contributed by atoms with van der Waals surface area (Å²) in [6, 6.07) is 0. The molecule has 0 saturated heterocycles. The van der Waals surface area contributed by atoms with E-state index in [0.29, 0.717) is 36.4 Å². The van der Waals surface area contributed by atoms with Crippen LogP contribution in [-0.4, -0.2) is 5.78 Å². The summed E-state index contributed by atoms with van der Waals surface area (Å²) in [5.41, 5.74) is 2.68. The monoisotopic (exact) mass is 288 g/mol. The summed E-state index contributed by atoms with van der Waals surface area (Å²) >= 11 is 0. The van der Waals surface area contributed by atoms with Gasteiger partial charge in [0.15, 0.2) is 0 Å². The Morgan fingerprint density at radius 2 is 2.00 bits per heavy atom. The number of carbonyl (C=O) groups excluding carboxylic acids is 1. The molecule has 0 aromatic rings. The Kier molecular flexibility index (Phi) is 7.71. The molecule has 0 N–H and O–H groups in total. The molecule has 0 amide bonds. The molecule has 0 aromatic carbocycles. The van der Waals surface area contributed by atoms with Gasteiger partial charge in [-0.1, -0.05) is 56.7 Å². The molecule has 21 heavy (non-hydrogen) atoms. The van der Waals surface area contributed by atoms with E-state index < -0.39 is 0 Å². The van der Waals surface area contributed by atoms with Crippen molar-refractivity contribution in [1.82, 2.24) is 0 Å². The van der Waals surface area contributed by atoms with E-state index in [9.17, 15) is 4.79 Å². The fraction of sp³-hybridized carbons (Fsp3) is 0.650. The maximum atomic E-state index is 12.1. The van der Waals surface area contributed by atoms with E-state index in [4.69, 9.17) is 0 Å². The number of allylic oxidation sites excluding steroid dienone is 5. The van der Waals surface area contributed by atoms with Crippen LogP contribution in [0.25, 0.3) is 0 Å². The average Bonchev–Trinajstić information content (AvgIpc) is 2.37. The van der Waals surface area contributed by atoms with Crippen LogP contribution in [0.3, 0.4) is 0 Å². The van der Waals surface area contributed by atoms with Crippen LogP contribution in [0.4, 0.5) is 0 Å². The van der Waals surface area contributed by atoms with Crippen LogP contribution < -0.4 is 0 Å². The van der Waals surface area contributed by atoms with Crippen molar-refractivity contribution >= 4 is 5.78 Å². The lowest BCUT2D eigenvalue weighted by atomic mass is 9.83. The van der Waals surface area contributed by atoms with Crippen LogP contribution in [0.1, 0.15) is 66.2 Å². The third kappa shape index (κ3) is 7.45. The Bertz CT molecular complexity index is 412. The van der Waals surface area contributed by atoms with Crippen LogP contribution in [0.15, 0.2) is 36.0 Å². The maximum absolute atomic E-state index is 12.1. The van der Waals surface area contributed by atoms with Gasteiger partial charge in [-0.3, -0.25) is 4.79 Å². The molecule has 118 valence electrons. The molecule has 0 bridgehead atoms. The zero-order chi connectivity index (χ0) is 15.8. The molecule has 1 rings (SSSR count). The number of ketones is 1. The maximum Gasteiger partial charge on any atom is 0.133 e. The van der Waals surface area contributed by atoms with Gasteiger partial charge in [0.25, 0.3) is 0 Å². The lowest BCUT2D eigenvalue weighted by Gasteiger charge is -2.22. The summed E-state index contributed by atoms with van der Waals surface area (Å²) in [7, 11) is 0. The molecule has 0 radical (unpaired) electrons. The highest BCUT2D eigenvalue weighted by atomic mass is 16.1. The summed E-state index contributed by atoms with van der Waals surface area (Å²) in [5.74, 6) is 1.79. The third-order valence-corrected chi connectivity index (χ3v) is 4.33. The molecule has 1 aliphatic carbocycles. The minimum Gasteiger partial charge on any atom is -0.300 e. The quantitative estimate of drug-likeness (QED) is 0.578. The first kappa shape index (κ1) is 17.9. The van der Waals surface area contributed by atoms with E-state index in [1.165, 1.54) is 11.1 Å². The first-order chi connectivity index (χ1) is 9.88. The Balaban J connectivity index is 2.67. The van der Waals surface area contributed by atoms with Crippen molar-refractivity contribution < 1.29 is 4.79 Å². The molecular formula is C20H32O. The van der Waals surface area contributed by atoms with Crippen LogP contribution in [-0.2, 0) is 4.79 Å². The number of hydrogen-bond donors (Lipinski definition) is 0. The van der Waals surface area contributed by atoms with E-state index in [1.807, 2.05) is 0 Å². The van der Waals surface area contributed by atoms with E-state index in [0.717, 1.165) is 25.7 Å². The second-order valence-electron chi connectivity index (χ2n) is 7.13. The molecule has 2 atom stereocenters. The van der Waals surface area contributed by atoms with Crippen LogP contribution in [0.2, 0.25) is 0 Å². The molecule has 0 aromatic heterocycles. The summed E-state index contributed by atoms with van der Waals surface area (Å²) in [5, 5.41) is 0. The van der Waals surface area contributed by atoms with Crippen molar-refractivity contribution in [2.75, 3.05) is 0 Å². The van der Waals surface area contributed by atoms with Gasteiger partial charge in [0.1, 0.15) is 5.78 Å². The van der Waals surface area contributed by atoms with E-state index in [1.54, 1.807) is 0 Å². The van der Waals surface area contributed by atoms with Crippen LogP contribution in [0, 0.1) is 17.8 Å². The van der Waals surface area contributed by atoms with Gasteiger partial charge in [0.2, 0.25) is 0 Å². The standard InChI is InChI=1S/C20H32O/c1-15(2)13-20(21)14-18(5)19-11-9-16(3)7-6-8-17(4)10-12-19/h8-9,11,15,18-19H,3,6-7,10,12-14H2,1-2,4-5H3/b11-9+,17-8+/t18?,19-/m1/s1. The second-order valence-corrected chi connectivity index (χ2v) is 7.13. The molecule has 0 spiro atoms. The highest BCUT2D eigenvalue weighted by Gasteiger charge is 2.19. The normalized spacial score (nSPS) is 26.0. The molecule has 0 saturated carbocycles. The van der Waals surface area contributed by atoms with Crippen molar-refractivity contribution in [2.24, 2.45) is 17.8 Å². The number of hydrogen-bond acceptors (Lipinski definition) is 1. The van der Waals surface area contributed by atoms with Crippen LogP contribution in [0.5, 0.6) is 0 Å². The van der Waals surface area contributed by atoms with Crippen LogP contribution >= 0.6 is 0 Å². The summed E-state index contributed by atoms with van der Waals surface area (Å²) < 4.78 is 0. The predicted octanol–water partition coefficient (Wildman–Crippen LogP) is 5.88. The molecule has 0 fully saturated rings. The number of Topliss-reactive ketones (excluding diaryl/α,β-unsaturated/α-hetero) is 1. The lowest BCUT2D eigenvalue weighted by Crippen LogP contribution is -2.16. The van der Waals surface area contributed by atoms with Gasteiger partial charge < -0.3 is 0 Å². The summed E-state index contributed by atoms with van der Waals surface area (Å²) in [6.07, 6.45) is 12.7. The topological polar surface area (TPSA) is 17.1 Å². The number of carbonyl (C=O) groups is 1. The summed E-state index contributed by atoms with van der Waals surface area (Å²) in [6.45, 7) is 12.8. The lowest BCUT2D eigenvalue weighted by molar-refractivity contribution is -0.120. The van der Waals surface area contributed by atoms with Gasteiger partial charge in [-0.25, -0.2) is 0 Å². The van der Waals surface area contributed by atoms with E-state index >= 15 is 0 Å². The van der Waals surface area contributed by atoms with E-state index in [2.05, 4.69) is 52.5 Å². The van der Waals surface area contributed by atoms with Crippen molar-refractivity contribution in [3.8, 4) is 0 Å². The largest absolute Gasteiger partial charge is 0.300 e. The summed E-state index contributed by atoms with van der Waals surface area (Å²) in [4.78, 5) is 12.1. The second kappa shape index (κ2) is 9.02. The first-order valence-corrected chi connectivity index (χ1v) is 8.41. The van der Waals surface area contributed by atoms with Crippen molar-refractivity contribution in [3.05, 3.63) is 36.0 Å². The van der Waals surface area contributed by atoms with Gasteiger partial charge in [-0.2, -0.15) is 0 Å². The minimum absolute atomic E-state index is 0.411. The van der Waals surface area contributed by atoms with Crippen molar-refractivity contribution in [2.45, 2.75) is 66.2 Å². The predicted molar refractivity (Wildman–Crippen MR) is 92.2 cm³/mol. The first-order valence-electron chi connectivity index (χ1n) is 8.41. The molecular weight excluding hydrogens is 256 g/mol. The smallest absolute Gasteiger partial charge is 0.133 e. The van der Waals surface area contributed by atoms with Gasteiger partial charge in [-0.15, -0.1) is 0 Å². The Morgan fingerprint density at radius 1 is 1.29 bits per heavy atom. The number of rotatable bonds is 5. The minimum atomic E-state index is 0.411. The van der Waals surface area contributed by atoms with E-state index in [-0.39, 0.29) is 0 Å². The average molecular weight is 288 g/mol. The van der Waals surface area contributed by atoms with Gasteiger partial charge in [0.05, 0.1) is 0 Å². The fourth-order valence-electron chi connectivity index (χ4n) is 2.96. The molecule has 0 aliphatic heterocycles. The zero-order valence-corrected chi connectivity index (χ0v) is 14.3. The Labute approximate surface area is 131 Å². The highest BCUT2D eigenvalue weighted by molar-refractivity contribution is 5.78.